The second-order valence-electron chi connectivity index (χ2n) is 3.72. The minimum absolute atomic E-state index is 0.0233. The van der Waals surface area contributed by atoms with E-state index in [4.69, 9.17) is 11.6 Å². The van der Waals surface area contributed by atoms with Crippen LogP contribution in [-0.2, 0) is 0 Å². The Morgan fingerprint density at radius 2 is 2.05 bits per heavy atom. The fourth-order valence-corrected chi connectivity index (χ4v) is 1.88. The van der Waals surface area contributed by atoms with E-state index in [0.29, 0.717) is 5.82 Å². The molecule has 0 aromatic carbocycles. The average molecular weight is 279 g/mol. The van der Waals surface area contributed by atoms with Crippen molar-refractivity contribution in [3.8, 4) is 23.0 Å². The number of fused-ring (bicyclic) bond motifs is 1. The lowest BCUT2D eigenvalue weighted by Crippen LogP contribution is -1.97. The fraction of sp³-hybridized carbons (Fsp3) is 0.100. The van der Waals surface area contributed by atoms with Gasteiger partial charge in [-0.15, -0.1) is 5.10 Å². The summed E-state index contributed by atoms with van der Waals surface area (Å²) in [5.41, 5.74) is 0.138. The first-order chi connectivity index (χ1) is 9.08. The molecule has 3 heterocycles. The maximum absolute atomic E-state index is 10.2. The first-order valence-corrected chi connectivity index (χ1v) is 5.57. The van der Waals surface area contributed by atoms with Crippen molar-refractivity contribution in [1.82, 2.24) is 29.5 Å². The van der Waals surface area contributed by atoms with Gasteiger partial charge in [-0.05, 0) is 6.92 Å². The van der Waals surface area contributed by atoms with Gasteiger partial charge in [0.1, 0.15) is 23.4 Å². The van der Waals surface area contributed by atoms with Gasteiger partial charge in [0.25, 0.3) is 5.78 Å². The molecule has 96 valence electrons. The molecule has 3 aromatic heterocycles. The van der Waals surface area contributed by atoms with Crippen molar-refractivity contribution in [2.24, 2.45) is 0 Å². The number of aromatic nitrogens is 6. The Bertz CT molecular complexity index is 787. The van der Waals surface area contributed by atoms with Crippen molar-refractivity contribution < 1.29 is 10.2 Å². The molecule has 0 saturated carbocycles. The Balaban J connectivity index is 2.38. The third kappa shape index (κ3) is 1.73. The summed E-state index contributed by atoms with van der Waals surface area (Å²) in [5, 5.41) is 24.2. The summed E-state index contributed by atoms with van der Waals surface area (Å²) in [6, 6.07) is 0. The molecule has 3 aromatic rings. The van der Waals surface area contributed by atoms with E-state index in [9.17, 15) is 10.2 Å². The SMILES string of the molecule is Cc1nc2nc(O)c(-c3ncncc3Cl)c(O)n2n1. The maximum Gasteiger partial charge on any atom is 0.259 e. The van der Waals surface area contributed by atoms with Gasteiger partial charge in [-0.2, -0.15) is 14.5 Å². The van der Waals surface area contributed by atoms with Crippen LogP contribution in [0.2, 0.25) is 5.02 Å². The molecular formula is C10H7ClN6O2. The highest BCUT2D eigenvalue weighted by molar-refractivity contribution is 6.33. The largest absolute Gasteiger partial charge is 0.493 e. The lowest BCUT2D eigenvalue weighted by molar-refractivity contribution is 0.415. The standard InChI is InChI=1S/C10H7ClN6O2/c1-4-14-10-15-8(18)6(9(19)17(10)16-4)7-5(11)2-12-3-13-7/h2-3,19H,1H3,(H,14,15,16,18). The molecule has 2 N–H and O–H groups in total. The van der Waals surface area contributed by atoms with Crippen LogP contribution in [0.4, 0.5) is 0 Å². The molecule has 9 heteroatoms. The van der Waals surface area contributed by atoms with Crippen LogP contribution in [0, 0.1) is 6.92 Å². The van der Waals surface area contributed by atoms with Crippen LogP contribution in [0.15, 0.2) is 12.5 Å². The number of hydrogen-bond acceptors (Lipinski definition) is 7. The minimum atomic E-state index is -0.432. The van der Waals surface area contributed by atoms with Crippen LogP contribution < -0.4 is 0 Å². The zero-order valence-electron chi connectivity index (χ0n) is 9.61. The van der Waals surface area contributed by atoms with Gasteiger partial charge in [0.05, 0.1) is 5.02 Å². The maximum atomic E-state index is 10.2. The summed E-state index contributed by atoms with van der Waals surface area (Å²) in [6.45, 7) is 1.64. The number of rotatable bonds is 1. The summed E-state index contributed by atoms with van der Waals surface area (Å²) in [4.78, 5) is 15.4. The van der Waals surface area contributed by atoms with E-state index in [1.165, 1.54) is 12.5 Å². The summed E-state index contributed by atoms with van der Waals surface area (Å²) in [5.74, 6) is -0.281. The Morgan fingerprint density at radius 1 is 1.26 bits per heavy atom. The average Bonchev–Trinajstić information content (AvgIpc) is 2.72. The van der Waals surface area contributed by atoms with E-state index in [-0.39, 0.29) is 27.9 Å². The van der Waals surface area contributed by atoms with Crippen LogP contribution in [0.25, 0.3) is 17.0 Å². The van der Waals surface area contributed by atoms with Gasteiger partial charge in [-0.1, -0.05) is 11.6 Å². The van der Waals surface area contributed by atoms with Crippen LogP contribution in [0.3, 0.4) is 0 Å². The van der Waals surface area contributed by atoms with Gasteiger partial charge in [-0.25, -0.2) is 9.97 Å². The lowest BCUT2D eigenvalue weighted by atomic mass is 10.2. The molecule has 19 heavy (non-hydrogen) atoms. The second-order valence-corrected chi connectivity index (χ2v) is 4.13. The molecule has 0 radical (unpaired) electrons. The van der Waals surface area contributed by atoms with Crippen LogP contribution in [-0.4, -0.2) is 39.8 Å². The summed E-state index contributed by atoms with van der Waals surface area (Å²) in [7, 11) is 0. The molecule has 0 aliphatic rings. The predicted octanol–water partition coefficient (Wildman–Crippen LogP) is 0.954. The van der Waals surface area contributed by atoms with E-state index in [1.54, 1.807) is 6.92 Å². The van der Waals surface area contributed by atoms with Crippen LogP contribution in [0.1, 0.15) is 5.82 Å². The van der Waals surface area contributed by atoms with Gasteiger partial charge < -0.3 is 10.2 Å². The van der Waals surface area contributed by atoms with E-state index >= 15 is 0 Å². The molecule has 3 rings (SSSR count). The van der Waals surface area contributed by atoms with Crippen molar-refractivity contribution in [2.45, 2.75) is 6.92 Å². The normalized spacial score (nSPS) is 11.1. The molecule has 0 saturated heterocycles. The zero-order chi connectivity index (χ0) is 13.6. The quantitative estimate of drug-likeness (QED) is 0.682. The summed E-state index contributed by atoms with van der Waals surface area (Å²) < 4.78 is 1.10. The van der Waals surface area contributed by atoms with Gasteiger partial charge >= 0.3 is 0 Å². The number of hydrogen-bond donors (Lipinski definition) is 2. The van der Waals surface area contributed by atoms with Gasteiger partial charge in [0.15, 0.2) is 0 Å². The molecule has 0 amide bonds. The summed E-state index contributed by atoms with van der Waals surface area (Å²) >= 11 is 5.94. The van der Waals surface area contributed by atoms with Gasteiger partial charge in [0, 0.05) is 6.20 Å². The smallest absolute Gasteiger partial charge is 0.259 e. The van der Waals surface area contributed by atoms with Crippen molar-refractivity contribution in [3.63, 3.8) is 0 Å². The summed E-state index contributed by atoms with van der Waals surface area (Å²) in [6.07, 6.45) is 2.59. The van der Waals surface area contributed by atoms with E-state index in [1.807, 2.05) is 0 Å². The highest BCUT2D eigenvalue weighted by atomic mass is 35.5. The van der Waals surface area contributed by atoms with Crippen molar-refractivity contribution in [1.29, 1.82) is 0 Å². The van der Waals surface area contributed by atoms with Crippen molar-refractivity contribution in [2.75, 3.05) is 0 Å². The Morgan fingerprint density at radius 3 is 2.79 bits per heavy atom. The molecule has 0 unspecified atom stereocenters. The van der Waals surface area contributed by atoms with Crippen molar-refractivity contribution in [3.05, 3.63) is 23.4 Å². The topological polar surface area (TPSA) is 109 Å². The Hall–Kier alpha value is -2.48. The van der Waals surface area contributed by atoms with Crippen LogP contribution >= 0.6 is 11.6 Å². The highest BCUT2D eigenvalue weighted by Crippen LogP contribution is 2.37. The van der Waals surface area contributed by atoms with Crippen LogP contribution in [0.5, 0.6) is 11.8 Å². The van der Waals surface area contributed by atoms with E-state index in [0.717, 1.165) is 4.52 Å². The first-order valence-electron chi connectivity index (χ1n) is 5.19. The minimum Gasteiger partial charge on any atom is -0.493 e. The third-order valence-electron chi connectivity index (χ3n) is 2.45. The lowest BCUT2D eigenvalue weighted by Gasteiger charge is -2.07. The Labute approximate surface area is 111 Å². The Kier molecular flexibility index (Phi) is 2.46. The molecule has 0 atom stereocenters. The molecule has 0 aliphatic carbocycles. The molecule has 0 spiro atoms. The fourth-order valence-electron chi connectivity index (χ4n) is 1.68. The molecule has 0 aliphatic heterocycles. The molecule has 8 nitrogen and oxygen atoms in total. The highest BCUT2D eigenvalue weighted by Gasteiger charge is 2.21. The monoisotopic (exact) mass is 278 g/mol. The molecule has 0 fully saturated rings. The number of aryl methyl sites for hydroxylation is 1. The number of aromatic hydroxyl groups is 2. The van der Waals surface area contributed by atoms with Gasteiger partial charge in [0.2, 0.25) is 11.8 Å². The van der Waals surface area contributed by atoms with Gasteiger partial charge in [-0.3, -0.25) is 0 Å². The van der Waals surface area contributed by atoms with Crippen molar-refractivity contribution >= 4 is 17.4 Å². The molecule has 0 bridgehead atoms. The molecular weight excluding hydrogens is 272 g/mol. The number of nitrogens with zero attached hydrogens (tertiary/aromatic N) is 6. The van der Waals surface area contributed by atoms with E-state index in [2.05, 4.69) is 25.0 Å². The van der Waals surface area contributed by atoms with E-state index < -0.39 is 5.88 Å². The predicted molar refractivity (Wildman–Crippen MR) is 64.9 cm³/mol. The third-order valence-corrected chi connectivity index (χ3v) is 2.73. The second kappa shape index (κ2) is 4.02. The first kappa shape index (κ1) is 11.6. The number of halogens is 1. The zero-order valence-corrected chi connectivity index (χ0v) is 10.4.